The molecule has 5 aromatic carbocycles. The highest BCUT2D eigenvalue weighted by Crippen LogP contribution is 2.51. The number of aromatic nitrogens is 1. The van der Waals surface area contributed by atoms with Crippen molar-refractivity contribution in [1.29, 1.82) is 0 Å². The molecule has 2 heterocycles. The van der Waals surface area contributed by atoms with Gasteiger partial charge in [-0.2, -0.15) is 0 Å². The van der Waals surface area contributed by atoms with Crippen molar-refractivity contribution in [2.75, 3.05) is 0 Å². The second-order valence-electron chi connectivity index (χ2n) is 7.83. The number of benzene rings is 5. The predicted molar refractivity (Wildman–Crippen MR) is 125 cm³/mol. The van der Waals surface area contributed by atoms with Crippen LogP contribution in [0.2, 0.25) is 0 Å². The zero-order valence-corrected chi connectivity index (χ0v) is 16.6. The number of fused-ring (bicyclic) bond motifs is 7. The number of nitrogens with zero attached hydrogens (tertiary/aromatic N) is 1. The Kier molecular flexibility index (Phi) is 3.27. The Bertz CT molecular complexity index is 1630. The standard InChI is InChI=1S/C28H17NO2/c1-2-10-20(11-3-1)29-23-13-7-6-12-21(23)22-14-15-24-28(27(22)29)31-26-17-19-9-5-4-8-18(19)16-25(26)30-24/h1-17H. The number of hydrogen-bond donors (Lipinski definition) is 0. The third-order valence-electron chi connectivity index (χ3n) is 6.01. The maximum absolute atomic E-state index is 6.54. The lowest BCUT2D eigenvalue weighted by atomic mass is 10.1. The van der Waals surface area contributed by atoms with Crippen LogP contribution >= 0.6 is 0 Å². The molecule has 7 rings (SSSR count). The summed E-state index contributed by atoms with van der Waals surface area (Å²) in [5.41, 5.74) is 3.25. The van der Waals surface area contributed by atoms with Crippen molar-refractivity contribution in [3.63, 3.8) is 0 Å². The largest absolute Gasteiger partial charge is 0.449 e. The third-order valence-corrected chi connectivity index (χ3v) is 6.01. The van der Waals surface area contributed by atoms with Crippen LogP contribution in [-0.2, 0) is 0 Å². The summed E-state index contributed by atoms with van der Waals surface area (Å²) in [6, 6.07) is 35.4. The average molecular weight is 399 g/mol. The average Bonchev–Trinajstić information content (AvgIpc) is 3.17. The van der Waals surface area contributed by atoms with E-state index in [1.165, 1.54) is 5.39 Å². The highest BCUT2D eigenvalue weighted by atomic mass is 16.6. The van der Waals surface area contributed by atoms with Crippen LogP contribution in [0.4, 0.5) is 0 Å². The molecular formula is C28H17NO2. The van der Waals surface area contributed by atoms with Crippen LogP contribution in [0.15, 0.2) is 103 Å². The van der Waals surface area contributed by atoms with Gasteiger partial charge >= 0.3 is 0 Å². The van der Waals surface area contributed by atoms with Crippen LogP contribution in [0.25, 0.3) is 38.3 Å². The van der Waals surface area contributed by atoms with Crippen LogP contribution in [-0.4, -0.2) is 4.57 Å². The molecule has 0 N–H and O–H groups in total. The summed E-state index contributed by atoms with van der Waals surface area (Å²) in [5.74, 6) is 2.96. The third kappa shape index (κ3) is 2.34. The van der Waals surface area contributed by atoms with Gasteiger partial charge in [0.15, 0.2) is 23.0 Å². The molecule has 0 saturated carbocycles. The second-order valence-corrected chi connectivity index (χ2v) is 7.83. The molecule has 0 spiro atoms. The summed E-state index contributed by atoms with van der Waals surface area (Å²) in [7, 11) is 0. The minimum Gasteiger partial charge on any atom is -0.449 e. The Morgan fingerprint density at radius 1 is 0.516 bits per heavy atom. The molecule has 0 bridgehead atoms. The first-order chi connectivity index (χ1) is 15.4. The summed E-state index contributed by atoms with van der Waals surface area (Å²) in [6.07, 6.45) is 0. The van der Waals surface area contributed by atoms with Crippen molar-refractivity contribution < 1.29 is 9.47 Å². The SMILES string of the molecule is c1ccc(-n2c3ccccc3c3ccc4c(c32)Oc2cc3ccccc3cc2O4)cc1. The fraction of sp³-hybridized carbons (Fsp3) is 0. The van der Waals surface area contributed by atoms with Crippen LogP contribution in [0.3, 0.4) is 0 Å². The predicted octanol–water partition coefficient (Wildman–Crippen LogP) is 7.83. The zero-order chi connectivity index (χ0) is 20.4. The van der Waals surface area contributed by atoms with Gasteiger partial charge in [-0.3, -0.25) is 0 Å². The van der Waals surface area contributed by atoms with Crippen molar-refractivity contribution >= 4 is 32.6 Å². The maximum atomic E-state index is 6.54. The second kappa shape index (κ2) is 6.13. The lowest BCUT2D eigenvalue weighted by Crippen LogP contribution is -2.02. The van der Waals surface area contributed by atoms with E-state index in [0.717, 1.165) is 55.9 Å². The van der Waals surface area contributed by atoms with E-state index in [0.29, 0.717) is 0 Å². The van der Waals surface area contributed by atoms with Gasteiger partial charge in [0, 0.05) is 16.5 Å². The van der Waals surface area contributed by atoms with Crippen LogP contribution in [0, 0.1) is 0 Å². The Morgan fingerprint density at radius 2 is 1.19 bits per heavy atom. The van der Waals surface area contributed by atoms with Gasteiger partial charge in [0.05, 0.1) is 5.52 Å². The van der Waals surface area contributed by atoms with Gasteiger partial charge in [-0.1, -0.05) is 60.7 Å². The molecule has 0 atom stereocenters. The normalized spacial score (nSPS) is 12.4. The molecule has 0 amide bonds. The van der Waals surface area contributed by atoms with Gasteiger partial charge in [-0.25, -0.2) is 0 Å². The molecule has 1 aliphatic heterocycles. The molecule has 31 heavy (non-hydrogen) atoms. The van der Waals surface area contributed by atoms with Crippen molar-refractivity contribution in [2.45, 2.75) is 0 Å². The number of ether oxygens (including phenoxy) is 2. The molecule has 0 unspecified atom stereocenters. The molecule has 1 aliphatic rings. The van der Waals surface area contributed by atoms with Gasteiger partial charge in [0.1, 0.15) is 5.52 Å². The van der Waals surface area contributed by atoms with E-state index < -0.39 is 0 Å². The topological polar surface area (TPSA) is 23.4 Å². The van der Waals surface area contributed by atoms with Crippen molar-refractivity contribution in [2.24, 2.45) is 0 Å². The monoisotopic (exact) mass is 399 g/mol. The fourth-order valence-corrected chi connectivity index (χ4v) is 4.62. The Balaban J connectivity index is 1.55. The summed E-state index contributed by atoms with van der Waals surface area (Å²) in [4.78, 5) is 0. The Hall–Kier alpha value is -4.24. The summed E-state index contributed by atoms with van der Waals surface area (Å²) < 4.78 is 15.1. The first kappa shape index (κ1) is 16.5. The molecule has 146 valence electrons. The van der Waals surface area contributed by atoms with E-state index in [1.54, 1.807) is 0 Å². The van der Waals surface area contributed by atoms with Crippen molar-refractivity contribution in [3.8, 4) is 28.7 Å². The van der Waals surface area contributed by atoms with Crippen LogP contribution in [0.1, 0.15) is 0 Å². The lowest BCUT2D eigenvalue weighted by molar-refractivity contribution is 0.363. The van der Waals surface area contributed by atoms with Gasteiger partial charge in [-0.15, -0.1) is 0 Å². The minimum atomic E-state index is 0.732. The quantitative estimate of drug-likeness (QED) is 0.281. The van der Waals surface area contributed by atoms with E-state index in [-0.39, 0.29) is 0 Å². The molecule has 0 fully saturated rings. The van der Waals surface area contributed by atoms with Gasteiger partial charge in [0.25, 0.3) is 0 Å². The van der Waals surface area contributed by atoms with Crippen LogP contribution in [0.5, 0.6) is 23.0 Å². The van der Waals surface area contributed by atoms with Crippen LogP contribution < -0.4 is 9.47 Å². The summed E-state index contributed by atoms with van der Waals surface area (Å²) in [5, 5.41) is 4.60. The molecule has 6 aromatic rings. The maximum Gasteiger partial charge on any atom is 0.194 e. The van der Waals surface area contributed by atoms with E-state index in [2.05, 4.69) is 77.4 Å². The Morgan fingerprint density at radius 3 is 2.00 bits per heavy atom. The summed E-state index contributed by atoms with van der Waals surface area (Å²) in [6.45, 7) is 0. The highest BCUT2D eigenvalue weighted by molar-refractivity contribution is 6.12. The van der Waals surface area contributed by atoms with Gasteiger partial charge < -0.3 is 14.0 Å². The van der Waals surface area contributed by atoms with E-state index in [1.807, 2.05) is 30.3 Å². The number of para-hydroxylation sites is 2. The molecule has 1 aromatic heterocycles. The smallest absolute Gasteiger partial charge is 0.194 e. The van der Waals surface area contributed by atoms with E-state index in [9.17, 15) is 0 Å². The first-order valence-corrected chi connectivity index (χ1v) is 10.4. The summed E-state index contributed by atoms with van der Waals surface area (Å²) >= 11 is 0. The minimum absolute atomic E-state index is 0.732. The fourth-order valence-electron chi connectivity index (χ4n) is 4.62. The molecule has 0 saturated heterocycles. The first-order valence-electron chi connectivity index (χ1n) is 10.4. The van der Waals surface area contributed by atoms with Gasteiger partial charge in [-0.05, 0) is 53.2 Å². The van der Waals surface area contributed by atoms with Gasteiger partial charge in [0.2, 0.25) is 0 Å². The number of rotatable bonds is 1. The molecule has 0 radical (unpaired) electrons. The lowest BCUT2D eigenvalue weighted by Gasteiger charge is -2.22. The van der Waals surface area contributed by atoms with Crippen molar-refractivity contribution in [1.82, 2.24) is 4.57 Å². The molecule has 0 aliphatic carbocycles. The van der Waals surface area contributed by atoms with Crippen molar-refractivity contribution in [3.05, 3.63) is 103 Å². The van der Waals surface area contributed by atoms with E-state index >= 15 is 0 Å². The highest BCUT2D eigenvalue weighted by Gasteiger charge is 2.25. The molecule has 3 nitrogen and oxygen atoms in total. The molecular weight excluding hydrogens is 382 g/mol. The van der Waals surface area contributed by atoms with E-state index in [4.69, 9.17) is 9.47 Å². The Labute approximate surface area is 178 Å². The zero-order valence-electron chi connectivity index (χ0n) is 16.6. The number of hydrogen-bond acceptors (Lipinski definition) is 2. The molecule has 3 heteroatoms.